The van der Waals surface area contributed by atoms with Gasteiger partial charge in [-0.15, -0.1) is 0 Å². The third kappa shape index (κ3) is 5.56. The number of nitrogens with one attached hydrogen (secondary N) is 1. The lowest BCUT2D eigenvalue weighted by Gasteiger charge is -2.30. The van der Waals surface area contributed by atoms with Gasteiger partial charge in [0.05, 0.1) is 46.4 Å². The third-order valence-corrected chi connectivity index (χ3v) is 6.21. The quantitative estimate of drug-likeness (QED) is 0.574. The van der Waals surface area contributed by atoms with Gasteiger partial charge < -0.3 is 24.3 Å². The number of nitrogens with zero attached hydrogens (tertiary/aromatic N) is 1. The number of sulfonamides is 1. The molecule has 32 heavy (non-hydrogen) atoms. The van der Waals surface area contributed by atoms with E-state index >= 15 is 0 Å². The Morgan fingerprint density at radius 1 is 0.875 bits per heavy atom. The molecule has 0 saturated heterocycles. The molecule has 10 heteroatoms. The molecule has 1 N–H and O–H groups in total. The van der Waals surface area contributed by atoms with Crippen molar-refractivity contribution >= 4 is 21.6 Å². The van der Waals surface area contributed by atoms with Crippen molar-refractivity contribution in [2.45, 2.75) is 25.9 Å². The fourth-order valence-corrected chi connectivity index (χ4v) is 4.53. The first-order valence-electron chi connectivity index (χ1n) is 9.81. The van der Waals surface area contributed by atoms with Crippen molar-refractivity contribution in [2.24, 2.45) is 0 Å². The molecule has 0 radical (unpaired) electrons. The topological polar surface area (TPSA) is 103 Å². The predicted octanol–water partition coefficient (Wildman–Crippen LogP) is 2.75. The Bertz CT molecular complexity index is 1060. The van der Waals surface area contributed by atoms with E-state index in [1.807, 2.05) is 0 Å². The Hall–Kier alpha value is -3.14. The van der Waals surface area contributed by atoms with Crippen molar-refractivity contribution in [1.82, 2.24) is 5.32 Å². The summed E-state index contributed by atoms with van der Waals surface area (Å²) in [5.74, 6) is 1.49. The highest BCUT2D eigenvalue weighted by molar-refractivity contribution is 7.92. The van der Waals surface area contributed by atoms with E-state index in [4.69, 9.17) is 18.9 Å². The number of carbonyl (C=O) groups is 1. The first-order valence-corrected chi connectivity index (χ1v) is 11.7. The molecule has 2 atom stereocenters. The van der Waals surface area contributed by atoms with Crippen LogP contribution in [0.1, 0.15) is 25.5 Å². The number of benzene rings is 2. The summed E-state index contributed by atoms with van der Waals surface area (Å²) in [6, 6.07) is 8.40. The summed E-state index contributed by atoms with van der Waals surface area (Å²) in [6.07, 6.45) is 1.04. The van der Waals surface area contributed by atoms with Crippen LogP contribution in [0.2, 0.25) is 0 Å². The average Bonchev–Trinajstić information content (AvgIpc) is 2.77. The molecule has 0 fully saturated rings. The maximum Gasteiger partial charge on any atom is 0.244 e. The summed E-state index contributed by atoms with van der Waals surface area (Å²) in [5, 5.41) is 2.86. The number of carbonyl (C=O) groups excluding carboxylic acids is 1. The number of hydrogen-bond donors (Lipinski definition) is 1. The van der Waals surface area contributed by atoms with Gasteiger partial charge >= 0.3 is 0 Å². The maximum atomic E-state index is 13.1. The summed E-state index contributed by atoms with van der Waals surface area (Å²) in [4.78, 5) is 13.1. The molecule has 2 rings (SSSR count). The molecular weight excluding hydrogens is 436 g/mol. The molecular formula is C22H30N2O7S. The minimum atomic E-state index is -3.80. The Morgan fingerprint density at radius 3 is 2.00 bits per heavy atom. The van der Waals surface area contributed by atoms with E-state index in [9.17, 15) is 13.2 Å². The molecule has 0 aliphatic carbocycles. The summed E-state index contributed by atoms with van der Waals surface area (Å²) >= 11 is 0. The lowest BCUT2D eigenvalue weighted by Crippen LogP contribution is -2.48. The minimum Gasteiger partial charge on any atom is -0.497 e. The summed E-state index contributed by atoms with van der Waals surface area (Å²) in [7, 11) is 2.21. The van der Waals surface area contributed by atoms with Crippen LogP contribution in [0.4, 0.5) is 5.69 Å². The van der Waals surface area contributed by atoms with Gasteiger partial charge in [-0.1, -0.05) is 0 Å². The van der Waals surface area contributed by atoms with E-state index in [0.717, 1.165) is 10.6 Å². The highest BCUT2D eigenvalue weighted by atomic mass is 32.2. The largest absolute Gasteiger partial charge is 0.497 e. The first-order chi connectivity index (χ1) is 15.1. The monoisotopic (exact) mass is 466 g/mol. The predicted molar refractivity (Wildman–Crippen MR) is 122 cm³/mol. The van der Waals surface area contributed by atoms with Gasteiger partial charge in [-0.25, -0.2) is 8.42 Å². The van der Waals surface area contributed by atoms with Gasteiger partial charge in [0, 0.05) is 11.6 Å². The van der Waals surface area contributed by atoms with Crippen molar-refractivity contribution in [1.29, 1.82) is 0 Å². The number of amides is 1. The van der Waals surface area contributed by atoms with Crippen LogP contribution in [0.25, 0.3) is 0 Å². The van der Waals surface area contributed by atoms with Gasteiger partial charge in [-0.2, -0.15) is 0 Å². The molecule has 176 valence electrons. The van der Waals surface area contributed by atoms with E-state index < -0.39 is 28.0 Å². The van der Waals surface area contributed by atoms with Crippen LogP contribution in [-0.4, -0.2) is 55.1 Å². The van der Waals surface area contributed by atoms with Crippen LogP contribution in [-0.2, 0) is 14.8 Å². The van der Waals surface area contributed by atoms with Crippen molar-refractivity contribution in [2.75, 3.05) is 39.0 Å². The lowest BCUT2D eigenvalue weighted by atomic mass is 10.1. The Kier molecular flexibility index (Phi) is 8.20. The van der Waals surface area contributed by atoms with Crippen LogP contribution in [0, 0.1) is 0 Å². The van der Waals surface area contributed by atoms with Crippen molar-refractivity contribution in [3.8, 4) is 23.0 Å². The molecule has 0 bridgehead atoms. The van der Waals surface area contributed by atoms with E-state index in [2.05, 4.69) is 5.32 Å². The zero-order chi connectivity index (χ0) is 24.1. The van der Waals surface area contributed by atoms with Crippen molar-refractivity contribution in [3.05, 3.63) is 42.0 Å². The SMILES string of the molecule is COc1ccc(OC)c([C@H](C)NC(=O)[C@@H](C)N(c2ccc(OC)c(OC)c2)S(C)(=O)=O)c1. The maximum absolute atomic E-state index is 13.1. The zero-order valence-electron chi connectivity index (χ0n) is 19.3. The Balaban J connectivity index is 2.36. The van der Waals surface area contributed by atoms with Gasteiger partial charge in [0.25, 0.3) is 0 Å². The van der Waals surface area contributed by atoms with E-state index in [-0.39, 0.29) is 5.69 Å². The van der Waals surface area contributed by atoms with Gasteiger partial charge in [0.15, 0.2) is 11.5 Å². The number of methoxy groups -OCH3 is 4. The molecule has 0 saturated carbocycles. The van der Waals surface area contributed by atoms with Gasteiger partial charge in [0.1, 0.15) is 17.5 Å². The summed E-state index contributed by atoms with van der Waals surface area (Å²) < 4.78 is 47.4. The minimum absolute atomic E-state index is 0.277. The Morgan fingerprint density at radius 2 is 1.47 bits per heavy atom. The first kappa shape index (κ1) is 25.1. The third-order valence-electron chi connectivity index (χ3n) is 4.97. The Labute approximate surface area is 189 Å². The molecule has 1 amide bonds. The summed E-state index contributed by atoms with van der Waals surface area (Å²) in [5.41, 5.74) is 0.976. The number of hydrogen-bond acceptors (Lipinski definition) is 7. The second-order valence-corrected chi connectivity index (χ2v) is 8.97. The van der Waals surface area contributed by atoms with E-state index in [1.54, 1.807) is 44.4 Å². The van der Waals surface area contributed by atoms with Gasteiger partial charge in [-0.05, 0) is 44.2 Å². The molecule has 0 heterocycles. The number of anilines is 1. The van der Waals surface area contributed by atoms with Crippen LogP contribution in [0.3, 0.4) is 0 Å². The molecule has 0 unspecified atom stereocenters. The highest BCUT2D eigenvalue weighted by Crippen LogP contribution is 2.34. The van der Waals surface area contributed by atoms with Crippen LogP contribution in [0.5, 0.6) is 23.0 Å². The molecule has 9 nitrogen and oxygen atoms in total. The molecule has 0 aliphatic rings. The molecule has 2 aromatic carbocycles. The molecule has 0 aromatic heterocycles. The van der Waals surface area contributed by atoms with E-state index in [1.165, 1.54) is 34.3 Å². The number of rotatable bonds is 10. The van der Waals surface area contributed by atoms with Crippen molar-refractivity contribution < 1.29 is 32.2 Å². The normalized spacial score (nSPS) is 13.0. The van der Waals surface area contributed by atoms with Crippen molar-refractivity contribution in [3.63, 3.8) is 0 Å². The van der Waals surface area contributed by atoms with Crippen LogP contribution in [0.15, 0.2) is 36.4 Å². The average molecular weight is 467 g/mol. The van der Waals surface area contributed by atoms with E-state index in [0.29, 0.717) is 28.6 Å². The second-order valence-electron chi connectivity index (χ2n) is 7.11. The molecule has 2 aromatic rings. The summed E-state index contributed by atoms with van der Waals surface area (Å²) in [6.45, 7) is 3.30. The highest BCUT2D eigenvalue weighted by Gasteiger charge is 2.31. The lowest BCUT2D eigenvalue weighted by molar-refractivity contribution is -0.122. The van der Waals surface area contributed by atoms with Gasteiger partial charge in [-0.3, -0.25) is 9.10 Å². The van der Waals surface area contributed by atoms with Crippen LogP contribution >= 0.6 is 0 Å². The smallest absolute Gasteiger partial charge is 0.244 e. The zero-order valence-corrected chi connectivity index (χ0v) is 20.1. The molecule has 0 aliphatic heterocycles. The van der Waals surface area contributed by atoms with Gasteiger partial charge in [0.2, 0.25) is 15.9 Å². The fraction of sp³-hybridized carbons (Fsp3) is 0.409. The second kappa shape index (κ2) is 10.4. The fourth-order valence-electron chi connectivity index (χ4n) is 3.36. The molecule has 0 spiro atoms. The number of ether oxygens (including phenoxy) is 4. The van der Waals surface area contributed by atoms with Crippen LogP contribution < -0.4 is 28.6 Å². The standard InChI is InChI=1S/C22H30N2O7S/c1-14(18-13-17(28-3)9-11-19(18)29-4)23-22(25)15(2)24(32(7,26)27)16-8-10-20(30-5)21(12-16)31-6/h8-15H,1-7H3,(H,23,25)/t14-,15+/m0/s1.